The van der Waals surface area contributed by atoms with Gasteiger partial charge in [0.1, 0.15) is 0 Å². The molecule has 112 valence electrons. The molecule has 0 unspecified atom stereocenters. The first-order valence-corrected chi connectivity index (χ1v) is 7.19. The van der Waals surface area contributed by atoms with Crippen molar-refractivity contribution >= 4 is 22.6 Å². The van der Waals surface area contributed by atoms with E-state index >= 15 is 0 Å². The van der Waals surface area contributed by atoms with E-state index in [0.29, 0.717) is 12.2 Å². The van der Waals surface area contributed by atoms with Crippen molar-refractivity contribution in [1.82, 2.24) is 20.1 Å². The van der Waals surface area contributed by atoms with Crippen molar-refractivity contribution in [2.24, 2.45) is 0 Å². The number of carbonyl (C=O) groups is 1. The summed E-state index contributed by atoms with van der Waals surface area (Å²) in [6, 6.07) is 11.2. The van der Waals surface area contributed by atoms with Crippen LogP contribution in [0.25, 0.3) is 10.9 Å². The average Bonchev–Trinajstić information content (AvgIpc) is 3.05. The van der Waals surface area contributed by atoms with E-state index in [0.717, 1.165) is 23.9 Å². The van der Waals surface area contributed by atoms with Crippen LogP contribution in [0.2, 0.25) is 0 Å². The van der Waals surface area contributed by atoms with E-state index in [1.807, 2.05) is 47.3 Å². The first kappa shape index (κ1) is 14.1. The number of para-hydroxylation sites is 1. The number of fused-ring (bicyclic) bond motifs is 1. The number of nitrogens with zero attached hydrogens (tertiary/aromatic N) is 3. The lowest BCUT2D eigenvalue weighted by Crippen LogP contribution is -2.30. The average molecular weight is 295 g/mol. The van der Waals surface area contributed by atoms with Gasteiger partial charge in [0, 0.05) is 37.1 Å². The number of pyridine rings is 1. The lowest BCUT2D eigenvalue weighted by molar-refractivity contribution is 0.251. The van der Waals surface area contributed by atoms with E-state index in [1.165, 1.54) is 0 Å². The van der Waals surface area contributed by atoms with Crippen molar-refractivity contribution in [2.45, 2.75) is 13.0 Å². The molecule has 0 bridgehead atoms. The van der Waals surface area contributed by atoms with Gasteiger partial charge < -0.3 is 10.6 Å². The van der Waals surface area contributed by atoms with Crippen molar-refractivity contribution in [1.29, 1.82) is 0 Å². The molecule has 3 aromatic rings. The highest BCUT2D eigenvalue weighted by atomic mass is 16.2. The fraction of sp³-hybridized carbons (Fsp3) is 0.188. The standard InChI is InChI=1S/C16H17N5O/c22-16(18-9-3-11-21-12-4-10-19-21)20-14-7-1-5-13-6-2-8-17-15(13)14/h1-2,4-8,10,12H,3,9,11H2,(H2,18,20,22). The molecule has 2 N–H and O–H groups in total. The van der Waals surface area contributed by atoms with Crippen LogP contribution in [-0.2, 0) is 6.54 Å². The molecule has 0 fully saturated rings. The maximum Gasteiger partial charge on any atom is 0.319 e. The molecule has 0 saturated heterocycles. The van der Waals surface area contributed by atoms with Crippen LogP contribution in [0.4, 0.5) is 10.5 Å². The SMILES string of the molecule is O=C(NCCCn1cccn1)Nc1cccc2cccnc12. The van der Waals surface area contributed by atoms with E-state index in [2.05, 4.69) is 20.7 Å². The third kappa shape index (κ3) is 3.41. The molecule has 2 amide bonds. The summed E-state index contributed by atoms with van der Waals surface area (Å²) < 4.78 is 1.84. The van der Waals surface area contributed by atoms with Crippen LogP contribution in [0.1, 0.15) is 6.42 Å². The number of rotatable bonds is 5. The number of benzene rings is 1. The number of urea groups is 1. The Kier molecular flexibility index (Phi) is 4.29. The molecule has 0 atom stereocenters. The largest absolute Gasteiger partial charge is 0.338 e. The van der Waals surface area contributed by atoms with Gasteiger partial charge in [-0.3, -0.25) is 9.67 Å². The Labute approximate surface area is 128 Å². The first-order chi connectivity index (χ1) is 10.8. The predicted molar refractivity (Wildman–Crippen MR) is 85.6 cm³/mol. The topological polar surface area (TPSA) is 71.8 Å². The van der Waals surface area contributed by atoms with Crippen LogP contribution in [0.3, 0.4) is 0 Å². The van der Waals surface area contributed by atoms with Crippen LogP contribution >= 0.6 is 0 Å². The summed E-state index contributed by atoms with van der Waals surface area (Å²) >= 11 is 0. The minimum atomic E-state index is -0.224. The fourth-order valence-corrected chi connectivity index (χ4v) is 2.25. The van der Waals surface area contributed by atoms with Gasteiger partial charge in [0.25, 0.3) is 0 Å². The van der Waals surface area contributed by atoms with Gasteiger partial charge in [-0.25, -0.2) is 4.79 Å². The van der Waals surface area contributed by atoms with Crippen LogP contribution in [-0.4, -0.2) is 27.3 Å². The van der Waals surface area contributed by atoms with Crippen LogP contribution in [0.5, 0.6) is 0 Å². The van der Waals surface area contributed by atoms with Gasteiger partial charge >= 0.3 is 6.03 Å². The molecular weight excluding hydrogens is 278 g/mol. The molecule has 6 heteroatoms. The van der Waals surface area contributed by atoms with Crippen molar-refractivity contribution in [3.63, 3.8) is 0 Å². The predicted octanol–water partition coefficient (Wildman–Crippen LogP) is 2.64. The fourth-order valence-electron chi connectivity index (χ4n) is 2.25. The molecule has 0 aliphatic rings. The van der Waals surface area contributed by atoms with Gasteiger partial charge in [0.05, 0.1) is 11.2 Å². The van der Waals surface area contributed by atoms with Crippen molar-refractivity contribution in [3.8, 4) is 0 Å². The van der Waals surface area contributed by atoms with Gasteiger partial charge in [0.15, 0.2) is 0 Å². The maximum atomic E-state index is 11.9. The number of anilines is 1. The van der Waals surface area contributed by atoms with Crippen LogP contribution in [0.15, 0.2) is 55.0 Å². The van der Waals surface area contributed by atoms with Gasteiger partial charge in [-0.05, 0) is 24.6 Å². The van der Waals surface area contributed by atoms with Gasteiger partial charge in [-0.2, -0.15) is 5.10 Å². The Morgan fingerprint density at radius 3 is 2.91 bits per heavy atom. The summed E-state index contributed by atoms with van der Waals surface area (Å²) in [7, 11) is 0. The Bertz CT molecular complexity index is 749. The number of aromatic nitrogens is 3. The molecule has 3 rings (SSSR count). The van der Waals surface area contributed by atoms with E-state index in [9.17, 15) is 4.79 Å². The van der Waals surface area contributed by atoms with Gasteiger partial charge in [-0.15, -0.1) is 0 Å². The van der Waals surface area contributed by atoms with E-state index in [1.54, 1.807) is 12.4 Å². The number of nitrogens with one attached hydrogen (secondary N) is 2. The zero-order valence-electron chi connectivity index (χ0n) is 12.1. The Balaban J connectivity index is 1.52. The molecule has 0 spiro atoms. The number of hydrogen-bond acceptors (Lipinski definition) is 3. The second kappa shape index (κ2) is 6.71. The summed E-state index contributed by atoms with van der Waals surface area (Å²) in [6.45, 7) is 1.37. The van der Waals surface area contributed by atoms with Gasteiger partial charge in [0.2, 0.25) is 0 Å². The number of aryl methyl sites for hydroxylation is 1. The molecule has 2 heterocycles. The highest BCUT2D eigenvalue weighted by molar-refractivity contribution is 5.99. The highest BCUT2D eigenvalue weighted by Crippen LogP contribution is 2.20. The van der Waals surface area contributed by atoms with Crippen LogP contribution < -0.4 is 10.6 Å². The van der Waals surface area contributed by atoms with Gasteiger partial charge in [-0.1, -0.05) is 18.2 Å². The first-order valence-electron chi connectivity index (χ1n) is 7.19. The second-order valence-corrected chi connectivity index (χ2v) is 4.88. The minimum Gasteiger partial charge on any atom is -0.338 e. The molecule has 2 aromatic heterocycles. The van der Waals surface area contributed by atoms with E-state index in [4.69, 9.17) is 0 Å². The Hall–Kier alpha value is -2.89. The smallest absolute Gasteiger partial charge is 0.319 e. The second-order valence-electron chi connectivity index (χ2n) is 4.88. The maximum absolute atomic E-state index is 11.9. The summed E-state index contributed by atoms with van der Waals surface area (Å²) in [5.74, 6) is 0. The monoisotopic (exact) mass is 295 g/mol. The zero-order valence-corrected chi connectivity index (χ0v) is 12.1. The summed E-state index contributed by atoms with van der Waals surface area (Å²) in [5, 5.41) is 10.8. The number of carbonyl (C=O) groups excluding carboxylic acids is 1. The van der Waals surface area contributed by atoms with E-state index < -0.39 is 0 Å². The van der Waals surface area contributed by atoms with Crippen LogP contribution in [0, 0.1) is 0 Å². The van der Waals surface area contributed by atoms with Crippen molar-refractivity contribution < 1.29 is 4.79 Å². The normalized spacial score (nSPS) is 10.5. The Morgan fingerprint density at radius 2 is 2.05 bits per heavy atom. The summed E-state index contributed by atoms with van der Waals surface area (Å²) in [4.78, 5) is 16.3. The third-order valence-electron chi connectivity index (χ3n) is 3.29. The summed E-state index contributed by atoms with van der Waals surface area (Å²) in [6.07, 6.45) is 6.19. The molecule has 0 aliphatic heterocycles. The molecule has 22 heavy (non-hydrogen) atoms. The molecule has 0 saturated carbocycles. The molecular formula is C16H17N5O. The molecule has 6 nitrogen and oxygen atoms in total. The van der Waals surface area contributed by atoms with E-state index in [-0.39, 0.29) is 6.03 Å². The quantitative estimate of drug-likeness (QED) is 0.711. The third-order valence-corrected chi connectivity index (χ3v) is 3.29. The van der Waals surface area contributed by atoms with Crippen molar-refractivity contribution in [3.05, 3.63) is 55.0 Å². The highest BCUT2D eigenvalue weighted by Gasteiger charge is 2.05. The minimum absolute atomic E-state index is 0.224. The Morgan fingerprint density at radius 1 is 1.14 bits per heavy atom. The number of hydrogen-bond donors (Lipinski definition) is 2. The van der Waals surface area contributed by atoms with Crippen molar-refractivity contribution in [2.75, 3.05) is 11.9 Å². The number of amides is 2. The zero-order chi connectivity index (χ0) is 15.2. The molecule has 0 aliphatic carbocycles. The lowest BCUT2D eigenvalue weighted by Gasteiger charge is -2.09. The lowest BCUT2D eigenvalue weighted by atomic mass is 10.2. The summed E-state index contributed by atoms with van der Waals surface area (Å²) in [5.41, 5.74) is 1.50. The molecule has 1 aromatic carbocycles. The molecule has 0 radical (unpaired) electrons.